The van der Waals surface area contributed by atoms with Crippen molar-refractivity contribution in [1.29, 1.82) is 0 Å². The molecule has 2 aromatic rings. The molecule has 2 rings (SSSR count). The fourth-order valence-corrected chi connectivity index (χ4v) is 3.70. The van der Waals surface area contributed by atoms with E-state index in [9.17, 15) is 8.42 Å². The predicted molar refractivity (Wildman–Crippen MR) is 90.1 cm³/mol. The molecule has 4 nitrogen and oxygen atoms in total. The standard InChI is InChI=1S/C16H18BrNO3S/c1-21-12-11-18(13-14-5-3-2-4-6-14)22(19,20)16-9-7-15(17)8-10-16/h2-10H,11-13H2,1H3. The SMILES string of the molecule is COCCN(Cc1ccccc1)S(=O)(=O)c1ccc(Br)cc1. The molecule has 0 atom stereocenters. The molecular formula is C16H18BrNO3S. The highest BCUT2D eigenvalue weighted by atomic mass is 79.9. The molecule has 0 saturated carbocycles. The minimum atomic E-state index is -3.56. The highest BCUT2D eigenvalue weighted by Gasteiger charge is 2.24. The van der Waals surface area contributed by atoms with Crippen molar-refractivity contribution >= 4 is 26.0 Å². The zero-order valence-electron chi connectivity index (χ0n) is 12.3. The molecule has 6 heteroatoms. The Morgan fingerprint density at radius 2 is 1.68 bits per heavy atom. The van der Waals surface area contributed by atoms with Crippen LogP contribution < -0.4 is 0 Å². The third kappa shape index (κ3) is 4.39. The average Bonchev–Trinajstić information content (AvgIpc) is 2.52. The van der Waals surface area contributed by atoms with Gasteiger partial charge in [-0.3, -0.25) is 0 Å². The van der Waals surface area contributed by atoms with Crippen LogP contribution >= 0.6 is 15.9 Å². The molecule has 118 valence electrons. The fraction of sp³-hybridized carbons (Fsp3) is 0.250. The van der Waals surface area contributed by atoms with Gasteiger partial charge in [0, 0.05) is 24.7 Å². The molecule has 0 saturated heterocycles. The van der Waals surface area contributed by atoms with E-state index >= 15 is 0 Å². The Kier molecular flexibility index (Phi) is 6.14. The summed E-state index contributed by atoms with van der Waals surface area (Å²) < 4.78 is 32.9. The molecule has 0 heterocycles. The van der Waals surface area contributed by atoms with E-state index in [0.717, 1.165) is 10.0 Å². The number of rotatable bonds is 7. The number of hydrogen-bond acceptors (Lipinski definition) is 3. The van der Waals surface area contributed by atoms with Crippen molar-refractivity contribution in [3.05, 3.63) is 64.6 Å². The first-order chi connectivity index (χ1) is 10.5. The summed E-state index contributed by atoms with van der Waals surface area (Å²) in [5, 5.41) is 0. The van der Waals surface area contributed by atoms with Gasteiger partial charge in [0.25, 0.3) is 0 Å². The summed E-state index contributed by atoms with van der Waals surface area (Å²) >= 11 is 3.32. The van der Waals surface area contributed by atoms with Crippen molar-refractivity contribution in [2.75, 3.05) is 20.3 Å². The van der Waals surface area contributed by atoms with Crippen molar-refractivity contribution in [1.82, 2.24) is 4.31 Å². The number of hydrogen-bond donors (Lipinski definition) is 0. The first-order valence-corrected chi connectivity index (χ1v) is 9.06. The van der Waals surface area contributed by atoms with Gasteiger partial charge >= 0.3 is 0 Å². The lowest BCUT2D eigenvalue weighted by atomic mass is 10.2. The van der Waals surface area contributed by atoms with E-state index in [1.165, 1.54) is 4.31 Å². The fourth-order valence-electron chi connectivity index (χ4n) is 2.02. The van der Waals surface area contributed by atoms with E-state index in [2.05, 4.69) is 15.9 Å². The van der Waals surface area contributed by atoms with Crippen LogP contribution in [0.2, 0.25) is 0 Å². The van der Waals surface area contributed by atoms with Gasteiger partial charge in [-0.2, -0.15) is 4.31 Å². The topological polar surface area (TPSA) is 46.6 Å². The number of nitrogens with zero attached hydrogens (tertiary/aromatic N) is 1. The Hall–Kier alpha value is -1.21. The highest BCUT2D eigenvalue weighted by Crippen LogP contribution is 2.20. The Morgan fingerprint density at radius 1 is 1.05 bits per heavy atom. The highest BCUT2D eigenvalue weighted by molar-refractivity contribution is 9.10. The van der Waals surface area contributed by atoms with Crippen LogP contribution in [-0.4, -0.2) is 33.0 Å². The van der Waals surface area contributed by atoms with Gasteiger partial charge in [0.15, 0.2) is 0 Å². The minimum absolute atomic E-state index is 0.280. The second kappa shape index (κ2) is 7.87. The molecule has 0 spiro atoms. The summed E-state index contributed by atoms with van der Waals surface area (Å²) in [6.45, 7) is 0.981. The lowest BCUT2D eigenvalue weighted by Gasteiger charge is -2.22. The first kappa shape index (κ1) is 17.1. The van der Waals surface area contributed by atoms with Gasteiger partial charge in [0.05, 0.1) is 11.5 Å². The van der Waals surface area contributed by atoms with Gasteiger partial charge in [0.2, 0.25) is 10.0 Å². The van der Waals surface area contributed by atoms with E-state index in [1.54, 1.807) is 31.4 Å². The number of benzene rings is 2. The summed E-state index contributed by atoms with van der Waals surface area (Å²) in [5.41, 5.74) is 0.944. The van der Waals surface area contributed by atoms with Gasteiger partial charge in [-0.05, 0) is 29.8 Å². The quantitative estimate of drug-likeness (QED) is 0.736. The molecule has 2 aromatic carbocycles. The number of sulfonamides is 1. The molecule has 0 aliphatic carbocycles. The maximum atomic E-state index is 12.8. The van der Waals surface area contributed by atoms with Crippen molar-refractivity contribution in [2.45, 2.75) is 11.4 Å². The molecule has 0 N–H and O–H groups in total. The third-order valence-corrected chi connectivity index (χ3v) is 5.59. The Balaban J connectivity index is 2.28. The molecular weight excluding hydrogens is 366 g/mol. The predicted octanol–water partition coefficient (Wildman–Crippen LogP) is 3.29. The molecule has 0 aromatic heterocycles. The van der Waals surface area contributed by atoms with Crippen LogP contribution in [0.1, 0.15) is 5.56 Å². The van der Waals surface area contributed by atoms with Gasteiger partial charge < -0.3 is 4.74 Å². The summed E-state index contributed by atoms with van der Waals surface area (Å²) in [4.78, 5) is 0.280. The summed E-state index contributed by atoms with van der Waals surface area (Å²) in [6.07, 6.45) is 0. The summed E-state index contributed by atoms with van der Waals surface area (Å²) in [6, 6.07) is 16.2. The Bertz CT molecular complexity index is 687. The number of ether oxygens (including phenoxy) is 1. The van der Waals surface area contributed by atoms with E-state index < -0.39 is 10.0 Å². The molecule has 22 heavy (non-hydrogen) atoms. The Morgan fingerprint density at radius 3 is 2.27 bits per heavy atom. The van der Waals surface area contributed by atoms with Crippen molar-refractivity contribution in [3.63, 3.8) is 0 Å². The molecule has 0 aliphatic rings. The van der Waals surface area contributed by atoms with Crippen molar-refractivity contribution < 1.29 is 13.2 Å². The largest absolute Gasteiger partial charge is 0.383 e. The zero-order chi connectivity index (χ0) is 16.0. The molecule has 0 radical (unpaired) electrons. The third-order valence-electron chi connectivity index (χ3n) is 3.20. The van der Waals surface area contributed by atoms with E-state index in [-0.39, 0.29) is 4.90 Å². The lowest BCUT2D eigenvalue weighted by molar-refractivity contribution is 0.177. The second-order valence-corrected chi connectivity index (χ2v) is 7.62. The molecule has 0 amide bonds. The normalized spacial score (nSPS) is 11.8. The van der Waals surface area contributed by atoms with Crippen LogP contribution in [-0.2, 0) is 21.3 Å². The van der Waals surface area contributed by atoms with Gasteiger partial charge in [-0.25, -0.2) is 8.42 Å². The van der Waals surface area contributed by atoms with Gasteiger partial charge in [-0.15, -0.1) is 0 Å². The lowest BCUT2D eigenvalue weighted by Crippen LogP contribution is -2.33. The van der Waals surface area contributed by atoms with Gasteiger partial charge in [-0.1, -0.05) is 46.3 Å². The van der Waals surface area contributed by atoms with Crippen molar-refractivity contribution in [3.8, 4) is 0 Å². The maximum absolute atomic E-state index is 12.8. The van der Waals surface area contributed by atoms with Crippen LogP contribution in [0.3, 0.4) is 0 Å². The zero-order valence-corrected chi connectivity index (χ0v) is 14.7. The number of halogens is 1. The number of methoxy groups -OCH3 is 1. The minimum Gasteiger partial charge on any atom is -0.383 e. The smallest absolute Gasteiger partial charge is 0.243 e. The summed E-state index contributed by atoms with van der Waals surface area (Å²) in [5.74, 6) is 0. The maximum Gasteiger partial charge on any atom is 0.243 e. The van der Waals surface area contributed by atoms with E-state index in [0.29, 0.717) is 19.7 Å². The van der Waals surface area contributed by atoms with Crippen LogP contribution in [0.15, 0.2) is 64.0 Å². The molecule has 0 bridgehead atoms. The second-order valence-electron chi connectivity index (χ2n) is 4.77. The monoisotopic (exact) mass is 383 g/mol. The average molecular weight is 384 g/mol. The summed E-state index contributed by atoms with van der Waals surface area (Å²) in [7, 11) is -1.99. The molecule has 0 unspecified atom stereocenters. The van der Waals surface area contributed by atoms with Crippen molar-refractivity contribution in [2.24, 2.45) is 0 Å². The van der Waals surface area contributed by atoms with Crippen LogP contribution in [0.5, 0.6) is 0 Å². The first-order valence-electron chi connectivity index (χ1n) is 6.82. The Labute approximate surface area is 139 Å². The molecule has 0 aliphatic heterocycles. The van der Waals surface area contributed by atoms with E-state index in [4.69, 9.17) is 4.74 Å². The van der Waals surface area contributed by atoms with E-state index in [1.807, 2.05) is 30.3 Å². The molecule has 0 fully saturated rings. The van der Waals surface area contributed by atoms with Crippen LogP contribution in [0, 0.1) is 0 Å². The van der Waals surface area contributed by atoms with Crippen LogP contribution in [0.25, 0.3) is 0 Å². The van der Waals surface area contributed by atoms with Crippen LogP contribution in [0.4, 0.5) is 0 Å². The van der Waals surface area contributed by atoms with Gasteiger partial charge in [0.1, 0.15) is 0 Å².